The number of imide groups is 1. The number of aromatic amines is 1. The van der Waals surface area contributed by atoms with E-state index >= 15 is 0 Å². The second-order valence-corrected chi connectivity index (χ2v) is 13.8. The number of carboxylic acids is 1. The number of aliphatic carboxylic acids is 1. The van der Waals surface area contributed by atoms with Gasteiger partial charge in [-0.15, -0.1) is 11.8 Å². The van der Waals surface area contributed by atoms with Crippen LogP contribution in [-0.4, -0.2) is 57.1 Å². The summed E-state index contributed by atoms with van der Waals surface area (Å²) < 4.78 is 5.88. The second-order valence-electron chi connectivity index (χ2n) is 11.6. The number of ether oxygens (including phenoxy) is 1. The summed E-state index contributed by atoms with van der Waals surface area (Å²) in [7, 11) is 0. The largest absolute Gasteiger partial charge is 0.484 e. The highest BCUT2D eigenvalue weighted by Gasteiger charge is 2.69. The number of carbonyl (C=O) groups excluding carboxylic acids is 3. The van der Waals surface area contributed by atoms with Gasteiger partial charge < -0.3 is 20.1 Å². The lowest BCUT2D eigenvalue weighted by Gasteiger charge is -2.43. The van der Waals surface area contributed by atoms with Crippen LogP contribution in [0.4, 0.5) is 5.69 Å². The summed E-state index contributed by atoms with van der Waals surface area (Å²) in [4.78, 5) is 68.2. The van der Waals surface area contributed by atoms with Gasteiger partial charge in [-0.25, -0.2) is 0 Å². The van der Waals surface area contributed by atoms with Gasteiger partial charge in [-0.05, 0) is 60.4 Å². The van der Waals surface area contributed by atoms with Gasteiger partial charge in [-0.3, -0.25) is 28.9 Å². The van der Waals surface area contributed by atoms with E-state index in [9.17, 15) is 24.0 Å². The number of nitrogens with zero attached hydrogens (tertiary/aromatic N) is 1. The van der Waals surface area contributed by atoms with E-state index in [4.69, 9.17) is 9.84 Å². The maximum Gasteiger partial charge on any atom is 0.305 e. The molecule has 3 fully saturated rings. The monoisotopic (exact) mass is 619 g/mol. The molecule has 43 heavy (non-hydrogen) atoms. The van der Waals surface area contributed by atoms with Gasteiger partial charge in [0.1, 0.15) is 5.75 Å². The van der Waals surface area contributed by atoms with E-state index in [1.165, 1.54) is 16.2 Å². The van der Waals surface area contributed by atoms with Crippen LogP contribution in [0.15, 0.2) is 64.4 Å². The molecule has 1 aromatic heterocycles. The molecule has 0 spiro atoms. The van der Waals surface area contributed by atoms with Crippen molar-refractivity contribution in [1.29, 1.82) is 0 Å². The molecule has 3 aromatic rings. The van der Waals surface area contributed by atoms with Gasteiger partial charge in [0.05, 0.1) is 16.9 Å². The van der Waals surface area contributed by atoms with Crippen molar-refractivity contribution in [2.45, 2.75) is 35.5 Å². The normalized spacial score (nSPS) is 28.4. The number of nitrogens with one attached hydrogen (secondary N) is 2. The van der Waals surface area contributed by atoms with E-state index in [2.05, 4.69) is 10.3 Å². The number of likely N-dealkylation sites (tertiary alicyclic amines) is 1. The number of anilines is 1. The molecule has 3 amide bonds. The van der Waals surface area contributed by atoms with Crippen LogP contribution < -0.4 is 14.9 Å². The molecule has 3 heterocycles. The number of benzene rings is 2. The van der Waals surface area contributed by atoms with Crippen molar-refractivity contribution in [3.63, 3.8) is 0 Å². The molecule has 7 rings (SSSR count). The summed E-state index contributed by atoms with van der Waals surface area (Å²) >= 11 is 2.80. The van der Waals surface area contributed by atoms with Gasteiger partial charge in [0.2, 0.25) is 11.8 Å². The van der Waals surface area contributed by atoms with E-state index in [0.717, 1.165) is 21.9 Å². The second kappa shape index (κ2) is 11.0. The van der Waals surface area contributed by atoms with Crippen LogP contribution in [0.3, 0.4) is 0 Å². The number of para-hydroxylation sites is 1. The van der Waals surface area contributed by atoms with Crippen LogP contribution in [0.2, 0.25) is 0 Å². The molecular weight excluding hydrogens is 590 g/mol. The number of hydrogen-bond donors (Lipinski definition) is 3. The molecule has 2 aliphatic carbocycles. The summed E-state index contributed by atoms with van der Waals surface area (Å²) in [6.07, 6.45) is 0.909. The van der Waals surface area contributed by atoms with Crippen molar-refractivity contribution >= 4 is 52.5 Å². The van der Waals surface area contributed by atoms with Crippen LogP contribution in [0, 0.1) is 29.6 Å². The molecule has 2 aromatic carbocycles. The Bertz CT molecular complexity index is 1670. The minimum Gasteiger partial charge on any atom is -0.484 e. The first kappa shape index (κ1) is 27.9. The highest BCUT2D eigenvalue weighted by molar-refractivity contribution is 8.00. The lowest BCUT2D eigenvalue weighted by atomic mass is 9.68. The van der Waals surface area contributed by atoms with Crippen molar-refractivity contribution in [2.75, 3.05) is 18.5 Å². The van der Waals surface area contributed by atoms with Gasteiger partial charge in [-0.1, -0.05) is 41.7 Å². The van der Waals surface area contributed by atoms with Crippen LogP contribution in [-0.2, 0) is 19.2 Å². The number of rotatable bonds is 9. The smallest absolute Gasteiger partial charge is 0.305 e. The average molecular weight is 620 g/mol. The predicted octanol–water partition coefficient (Wildman–Crippen LogP) is 3.79. The topological polar surface area (TPSA) is 146 Å². The SMILES string of the molecule is O=C(O)CCCN1C(=O)C2C3CC(C2C1=O)C1C3Sc2[nH]c(=O)sc2[C@@H]1c1cccc(OCC(=O)Nc2ccccc2)c1. The molecule has 222 valence electrons. The van der Waals surface area contributed by atoms with Gasteiger partial charge in [-0.2, -0.15) is 0 Å². The van der Waals surface area contributed by atoms with Gasteiger partial charge >= 0.3 is 10.8 Å². The lowest BCUT2D eigenvalue weighted by molar-refractivity contribution is -0.142. The molecule has 7 atom stereocenters. The van der Waals surface area contributed by atoms with Crippen molar-refractivity contribution in [1.82, 2.24) is 9.88 Å². The number of aromatic nitrogens is 1. The number of thiazole rings is 1. The Morgan fingerprint density at radius 2 is 1.79 bits per heavy atom. The van der Waals surface area contributed by atoms with Crippen molar-refractivity contribution < 1.29 is 29.0 Å². The minimum atomic E-state index is -0.951. The van der Waals surface area contributed by atoms with Crippen molar-refractivity contribution in [3.05, 3.63) is 74.7 Å². The molecule has 2 bridgehead atoms. The summed E-state index contributed by atoms with van der Waals surface area (Å²) in [6.45, 7) is -0.0450. The van der Waals surface area contributed by atoms with Gasteiger partial charge in [0.15, 0.2) is 6.61 Å². The molecule has 4 aliphatic rings. The average Bonchev–Trinajstić information content (AvgIpc) is 3.72. The molecule has 10 nitrogen and oxygen atoms in total. The zero-order chi connectivity index (χ0) is 29.8. The van der Waals surface area contributed by atoms with Gasteiger partial charge in [0, 0.05) is 34.7 Å². The quantitative estimate of drug-likeness (QED) is 0.307. The number of carbonyl (C=O) groups is 4. The molecular formula is C31H29N3O7S2. The molecule has 0 radical (unpaired) electrons. The molecule has 3 N–H and O–H groups in total. The summed E-state index contributed by atoms with van der Waals surface area (Å²) in [5.74, 6) is -2.10. The summed E-state index contributed by atoms with van der Waals surface area (Å²) in [5.41, 5.74) is 1.62. The third-order valence-electron chi connectivity index (χ3n) is 9.23. The van der Waals surface area contributed by atoms with Crippen LogP contribution in [0.5, 0.6) is 5.75 Å². The van der Waals surface area contributed by atoms with E-state index in [1.54, 1.807) is 30.0 Å². The third kappa shape index (κ3) is 4.86. The van der Waals surface area contributed by atoms with E-state index in [1.807, 2.05) is 36.4 Å². The fourth-order valence-corrected chi connectivity index (χ4v) is 10.6. The Kier molecular flexibility index (Phi) is 7.13. The first-order valence-electron chi connectivity index (χ1n) is 14.3. The van der Waals surface area contributed by atoms with E-state index < -0.39 is 17.8 Å². The highest BCUT2D eigenvalue weighted by Crippen LogP contribution is 2.68. The summed E-state index contributed by atoms with van der Waals surface area (Å²) in [5, 5.41) is 12.7. The van der Waals surface area contributed by atoms with E-state index in [-0.39, 0.29) is 77.5 Å². The fourth-order valence-electron chi connectivity index (χ4n) is 7.73. The molecule has 12 heteroatoms. The zero-order valence-corrected chi connectivity index (χ0v) is 24.6. The Hall–Kier alpha value is -3.90. The minimum absolute atomic E-state index is 0.00825. The Morgan fingerprint density at radius 3 is 2.56 bits per heavy atom. The molecule has 2 saturated carbocycles. The molecule has 1 saturated heterocycles. The number of fused-ring (bicyclic) bond motifs is 9. The number of carboxylic acid groups (broad SMARTS) is 1. The summed E-state index contributed by atoms with van der Waals surface area (Å²) in [6, 6.07) is 16.7. The van der Waals surface area contributed by atoms with E-state index in [0.29, 0.717) is 11.4 Å². The van der Waals surface area contributed by atoms with Gasteiger partial charge in [0.25, 0.3) is 5.91 Å². The number of thioether (sulfide) groups is 1. The number of hydrogen-bond acceptors (Lipinski definition) is 8. The van der Waals surface area contributed by atoms with Crippen LogP contribution in [0.1, 0.15) is 35.6 Å². The predicted molar refractivity (Wildman–Crippen MR) is 159 cm³/mol. The van der Waals surface area contributed by atoms with Crippen molar-refractivity contribution in [2.24, 2.45) is 29.6 Å². The molecule has 2 aliphatic heterocycles. The standard InChI is InChI=1S/C31H29N3O7S2/c35-20(32-16-7-2-1-3-8-16)14-41-17-9-4-6-15(12-17)22-23-18-13-19(26(23)42-28-27(22)43-31(40)33-28)25-24(18)29(38)34(30(25)39)11-5-10-21(36)37/h1-4,6-9,12,18-19,22-26H,5,10-11,13-14H2,(H,32,35)(H,33,40)(H,36,37)/t18?,19?,22-,23?,24?,25?,26?/m1/s1. The maximum atomic E-state index is 13.6. The van der Waals surface area contributed by atoms with Crippen LogP contribution >= 0.6 is 23.1 Å². The maximum absolute atomic E-state index is 13.6. The molecule has 6 unspecified atom stereocenters. The highest BCUT2D eigenvalue weighted by atomic mass is 32.2. The first-order chi connectivity index (χ1) is 20.8. The van der Waals surface area contributed by atoms with Crippen molar-refractivity contribution in [3.8, 4) is 5.75 Å². The third-order valence-corrected chi connectivity index (χ3v) is 11.8. The zero-order valence-electron chi connectivity index (χ0n) is 22.9. The number of amides is 3. The Balaban J connectivity index is 1.15. The lowest BCUT2D eigenvalue weighted by Crippen LogP contribution is -2.42. The Morgan fingerprint density at radius 1 is 1.02 bits per heavy atom. The number of H-pyrrole nitrogens is 1. The Labute approximate surface area is 254 Å². The fraction of sp³-hybridized carbons (Fsp3) is 0.387. The first-order valence-corrected chi connectivity index (χ1v) is 16.0. The van der Waals surface area contributed by atoms with Crippen LogP contribution in [0.25, 0.3) is 0 Å².